The normalized spacial score (nSPS) is 14.4. The van der Waals surface area contributed by atoms with Crippen LogP contribution in [0.5, 0.6) is 11.5 Å². The zero-order valence-electron chi connectivity index (χ0n) is 19.7. The van der Waals surface area contributed by atoms with Crippen LogP contribution in [0.1, 0.15) is 33.0 Å². The molecule has 0 N–H and O–H groups in total. The maximum Gasteiger partial charge on any atom is 0.373 e. The number of rotatable bonds is 8. The maximum absolute atomic E-state index is 12.9. The van der Waals surface area contributed by atoms with Gasteiger partial charge in [0.25, 0.3) is 11.1 Å². The van der Waals surface area contributed by atoms with Gasteiger partial charge in [-0.1, -0.05) is 45.8 Å². The molecule has 36 heavy (non-hydrogen) atoms. The topological polar surface area (TPSA) is 95.3 Å². The molecule has 0 saturated carbocycles. The van der Waals surface area contributed by atoms with Gasteiger partial charge in [-0.25, -0.2) is 4.79 Å². The number of carbonyl (C=O) groups excluding carboxylic acids is 3. The molecule has 0 radical (unpaired) electrons. The molecule has 1 aliphatic rings. The minimum Gasteiger partial charge on any atom is -0.493 e. The molecule has 1 aromatic heterocycles. The van der Waals surface area contributed by atoms with E-state index in [1.54, 1.807) is 18.2 Å². The minimum atomic E-state index is -0.639. The highest BCUT2D eigenvalue weighted by Crippen LogP contribution is 2.38. The number of thioether (sulfide) groups is 1. The highest BCUT2D eigenvalue weighted by molar-refractivity contribution is 9.10. The number of aryl methyl sites for hydroxylation is 1. The van der Waals surface area contributed by atoms with Crippen LogP contribution >= 0.6 is 27.7 Å². The highest BCUT2D eigenvalue weighted by atomic mass is 79.9. The van der Waals surface area contributed by atoms with Crippen molar-refractivity contribution in [3.63, 3.8) is 0 Å². The Labute approximate surface area is 220 Å². The molecule has 10 heteroatoms. The Kier molecular flexibility index (Phi) is 7.85. The summed E-state index contributed by atoms with van der Waals surface area (Å²) in [7, 11) is 2.77. The van der Waals surface area contributed by atoms with Gasteiger partial charge in [0.1, 0.15) is 12.4 Å². The van der Waals surface area contributed by atoms with E-state index in [4.69, 9.17) is 13.9 Å². The molecular formula is C26H22BrNO7S. The maximum atomic E-state index is 12.9. The number of hydrogen-bond acceptors (Lipinski definition) is 8. The molecule has 3 aromatic rings. The molecule has 0 aliphatic carbocycles. The van der Waals surface area contributed by atoms with Crippen molar-refractivity contribution in [1.82, 2.24) is 4.90 Å². The van der Waals surface area contributed by atoms with Gasteiger partial charge >= 0.3 is 5.97 Å². The molecule has 1 fully saturated rings. The molecule has 8 nitrogen and oxygen atoms in total. The number of ether oxygens (including phenoxy) is 3. The van der Waals surface area contributed by atoms with Gasteiger partial charge in [-0.2, -0.15) is 0 Å². The fraction of sp³-hybridized carbons (Fsp3) is 0.192. The fourth-order valence-corrected chi connectivity index (χ4v) is 4.65. The number of carbonyl (C=O) groups is 3. The monoisotopic (exact) mass is 571 g/mol. The summed E-state index contributed by atoms with van der Waals surface area (Å²) in [5.41, 5.74) is 2.83. The van der Waals surface area contributed by atoms with Gasteiger partial charge in [0.15, 0.2) is 11.5 Å². The fourth-order valence-electron chi connectivity index (χ4n) is 3.39. The predicted octanol–water partition coefficient (Wildman–Crippen LogP) is 5.96. The molecule has 1 saturated heterocycles. The number of amides is 2. The predicted molar refractivity (Wildman–Crippen MR) is 138 cm³/mol. The van der Waals surface area contributed by atoms with E-state index >= 15 is 0 Å². The Hall–Kier alpha value is -3.50. The van der Waals surface area contributed by atoms with Crippen LogP contribution in [0.3, 0.4) is 0 Å². The van der Waals surface area contributed by atoms with Crippen LogP contribution in [0.4, 0.5) is 4.79 Å². The van der Waals surface area contributed by atoms with Crippen LogP contribution in [0.25, 0.3) is 6.08 Å². The number of nitrogens with zero attached hydrogens (tertiary/aromatic N) is 1. The number of methoxy groups -OCH3 is 2. The van der Waals surface area contributed by atoms with Crippen molar-refractivity contribution in [1.29, 1.82) is 0 Å². The summed E-state index contributed by atoms with van der Waals surface area (Å²) in [5, 5.41) is -0.441. The van der Waals surface area contributed by atoms with Gasteiger partial charge in [-0.3, -0.25) is 14.5 Å². The van der Waals surface area contributed by atoms with Crippen LogP contribution in [-0.2, 0) is 22.7 Å². The van der Waals surface area contributed by atoms with E-state index in [2.05, 4.69) is 20.7 Å². The summed E-state index contributed by atoms with van der Waals surface area (Å²) in [6.07, 6.45) is 1.61. The summed E-state index contributed by atoms with van der Waals surface area (Å²) < 4.78 is 22.1. The van der Waals surface area contributed by atoms with E-state index in [1.165, 1.54) is 31.9 Å². The average Bonchev–Trinajstić information content (AvgIpc) is 3.45. The molecule has 4 rings (SSSR count). The van der Waals surface area contributed by atoms with Crippen LogP contribution in [-0.4, -0.2) is 36.2 Å². The smallest absolute Gasteiger partial charge is 0.373 e. The molecule has 0 unspecified atom stereocenters. The van der Waals surface area contributed by atoms with Crippen molar-refractivity contribution in [3.8, 4) is 11.5 Å². The Morgan fingerprint density at radius 3 is 2.53 bits per heavy atom. The molecule has 2 heterocycles. The lowest BCUT2D eigenvalue weighted by molar-refractivity contribution is -0.123. The van der Waals surface area contributed by atoms with E-state index < -0.39 is 17.1 Å². The summed E-state index contributed by atoms with van der Waals surface area (Å²) in [5.74, 6) is 0.204. The van der Waals surface area contributed by atoms with Gasteiger partial charge in [-0.05, 0) is 60.2 Å². The number of furan rings is 1. The molecular weight excluding hydrogens is 550 g/mol. The molecule has 1 aliphatic heterocycles. The van der Waals surface area contributed by atoms with Crippen LogP contribution in [0, 0.1) is 6.92 Å². The third kappa shape index (κ3) is 5.66. The Morgan fingerprint density at radius 1 is 1.08 bits per heavy atom. The third-order valence-corrected chi connectivity index (χ3v) is 6.91. The van der Waals surface area contributed by atoms with Crippen LogP contribution in [0.2, 0.25) is 0 Å². The first kappa shape index (κ1) is 25.6. The van der Waals surface area contributed by atoms with E-state index in [0.717, 1.165) is 22.2 Å². The Bertz CT molecular complexity index is 1350. The standard InChI is InChI=1S/C26H22BrNO7S/c1-15-4-6-16(7-5-15)14-34-22-12-19(27)17(10-21(22)32-2)11-23-24(29)28(26(31)36-23)13-18-8-9-20(35-18)25(30)33-3/h4-12H,13-14H2,1-3H3/b23-11+. The largest absolute Gasteiger partial charge is 0.493 e. The first-order valence-corrected chi connectivity index (χ1v) is 12.4. The number of halogens is 1. The lowest BCUT2D eigenvalue weighted by Crippen LogP contribution is -2.27. The summed E-state index contributed by atoms with van der Waals surface area (Å²) >= 11 is 4.34. The Balaban J connectivity index is 1.50. The molecule has 186 valence electrons. The molecule has 2 aromatic carbocycles. The second-order valence-electron chi connectivity index (χ2n) is 7.82. The van der Waals surface area contributed by atoms with Crippen molar-refractivity contribution in [2.24, 2.45) is 0 Å². The van der Waals surface area contributed by atoms with E-state index in [9.17, 15) is 14.4 Å². The lowest BCUT2D eigenvalue weighted by Gasteiger charge is -2.13. The molecule has 0 spiro atoms. The zero-order chi connectivity index (χ0) is 25.8. The van der Waals surface area contributed by atoms with Gasteiger partial charge in [-0.15, -0.1) is 0 Å². The highest BCUT2D eigenvalue weighted by Gasteiger charge is 2.36. The van der Waals surface area contributed by atoms with E-state index in [1.807, 2.05) is 31.2 Å². The van der Waals surface area contributed by atoms with Gasteiger partial charge in [0, 0.05) is 4.47 Å². The Morgan fingerprint density at radius 2 is 1.83 bits per heavy atom. The lowest BCUT2D eigenvalue weighted by atomic mass is 10.1. The van der Waals surface area contributed by atoms with Crippen molar-refractivity contribution in [3.05, 3.63) is 86.1 Å². The summed E-state index contributed by atoms with van der Waals surface area (Å²) in [6.45, 7) is 2.29. The van der Waals surface area contributed by atoms with Crippen LogP contribution in [0.15, 0.2) is 62.3 Å². The van der Waals surface area contributed by atoms with E-state index in [-0.39, 0.29) is 23.0 Å². The average molecular weight is 572 g/mol. The third-order valence-electron chi connectivity index (χ3n) is 5.32. The number of hydrogen-bond donors (Lipinski definition) is 0. The van der Waals surface area contributed by atoms with Crippen molar-refractivity contribution in [2.45, 2.75) is 20.1 Å². The summed E-state index contributed by atoms with van der Waals surface area (Å²) in [4.78, 5) is 38.4. The van der Waals surface area contributed by atoms with Crippen molar-refractivity contribution in [2.75, 3.05) is 14.2 Å². The van der Waals surface area contributed by atoms with Crippen LogP contribution < -0.4 is 9.47 Å². The first-order valence-electron chi connectivity index (χ1n) is 10.8. The number of esters is 1. The second kappa shape index (κ2) is 11.0. The van der Waals surface area contributed by atoms with Gasteiger partial charge in [0.05, 0.1) is 25.7 Å². The van der Waals surface area contributed by atoms with Crippen molar-refractivity contribution < 1.29 is 33.0 Å². The number of benzene rings is 2. The zero-order valence-corrected chi connectivity index (χ0v) is 22.1. The molecule has 0 bridgehead atoms. The SMILES string of the molecule is COC(=O)c1ccc(CN2C(=O)S/C(=C/c3cc(OC)c(OCc4ccc(C)cc4)cc3Br)C2=O)o1. The second-order valence-corrected chi connectivity index (χ2v) is 9.67. The first-order chi connectivity index (χ1) is 17.3. The summed E-state index contributed by atoms with van der Waals surface area (Å²) in [6, 6.07) is 14.5. The van der Waals surface area contributed by atoms with E-state index in [0.29, 0.717) is 28.1 Å². The van der Waals surface area contributed by atoms with Crippen molar-refractivity contribution >= 4 is 50.9 Å². The van der Waals surface area contributed by atoms with Gasteiger partial charge < -0.3 is 18.6 Å². The number of imide groups is 1. The quantitative estimate of drug-likeness (QED) is 0.241. The molecule has 2 amide bonds. The minimum absolute atomic E-state index is 0.00396. The van der Waals surface area contributed by atoms with Gasteiger partial charge in [0.2, 0.25) is 5.76 Å². The molecule has 0 atom stereocenters.